The van der Waals surface area contributed by atoms with Gasteiger partial charge in [0.05, 0.1) is 15.1 Å². The number of aromatic nitrogens is 2. The van der Waals surface area contributed by atoms with Gasteiger partial charge in [-0.2, -0.15) is 0 Å². The number of nitrogens with zero attached hydrogens (tertiary/aromatic N) is 3. The fourth-order valence-electron chi connectivity index (χ4n) is 5.63. The van der Waals surface area contributed by atoms with Gasteiger partial charge in [-0.15, -0.1) is 4.36 Å². The summed E-state index contributed by atoms with van der Waals surface area (Å²) in [5.41, 5.74) is 2.35. The third kappa shape index (κ3) is 8.81. The Hall–Kier alpha value is -4.57. The molecule has 280 valence electrons. The quantitative estimate of drug-likeness (QED) is 0.134. The zero-order valence-corrected chi connectivity index (χ0v) is 34.5. The Bertz CT molecular complexity index is 2240. The van der Waals surface area contributed by atoms with Crippen LogP contribution in [0.1, 0.15) is 85.6 Å². The fourth-order valence-corrected chi connectivity index (χ4v) is 8.32. The highest BCUT2D eigenvalue weighted by Gasteiger charge is 2.44. The first kappa shape index (κ1) is 39.6. The van der Waals surface area contributed by atoms with E-state index in [4.69, 9.17) is 9.16 Å². The van der Waals surface area contributed by atoms with Crippen molar-refractivity contribution in [2.24, 2.45) is 4.36 Å². The number of carbonyl (C=O) groups is 2. The van der Waals surface area contributed by atoms with E-state index in [0.717, 1.165) is 27.6 Å². The van der Waals surface area contributed by atoms with Crippen LogP contribution in [0.25, 0.3) is 10.8 Å². The van der Waals surface area contributed by atoms with Gasteiger partial charge in [0.25, 0.3) is 0 Å². The van der Waals surface area contributed by atoms with Crippen LogP contribution in [0.15, 0.2) is 76.2 Å². The summed E-state index contributed by atoms with van der Waals surface area (Å²) < 4.78 is 29.6. The van der Waals surface area contributed by atoms with E-state index in [0.29, 0.717) is 35.1 Å². The summed E-state index contributed by atoms with van der Waals surface area (Å²) in [4.78, 5) is 35.3. The molecule has 0 saturated heterocycles. The lowest BCUT2D eigenvalue weighted by molar-refractivity contribution is -0.120. The molecule has 10 nitrogen and oxygen atoms in total. The van der Waals surface area contributed by atoms with Gasteiger partial charge in [-0.05, 0) is 126 Å². The van der Waals surface area contributed by atoms with Crippen LogP contribution in [-0.2, 0) is 29.1 Å². The number of pyridine rings is 2. The second kappa shape index (κ2) is 14.7. The van der Waals surface area contributed by atoms with Crippen molar-refractivity contribution in [3.05, 3.63) is 83.8 Å². The molecule has 0 bridgehead atoms. The predicted molar refractivity (Wildman–Crippen MR) is 216 cm³/mol. The number of fused-ring (bicyclic) bond motifs is 2. The molecule has 0 aliphatic carbocycles. The minimum Gasteiger partial charge on any atom is -0.442 e. The molecular weight excluding hydrogens is 703 g/mol. The zero-order chi connectivity index (χ0) is 39.0. The van der Waals surface area contributed by atoms with Gasteiger partial charge in [0.2, 0.25) is 5.91 Å². The molecule has 0 fully saturated rings. The maximum Gasteiger partial charge on any atom is 0.442 e. The molecule has 2 N–H and O–H groups in total. The standard InChI is InChI=1S/C41H51N5O5SSi/c1-27(2)52(49,46-38(48)51-39(3,4)5)31-16-14-30(15-17-31)44-36-25-32-29(26-43-36)20-22-42-34(32)19-13-28-12-18-33-35(24-28)45-37(47)41(33,9)21-23-50-53(10,11)40(6,7)8/h12,14-18,20,22,24-27H,21,23H2,1-11H3,(H,43,44)(H,45,47). The molecule has 2 atom stereocenters. The van der Waals surface area contributed by atoms with Crippen molar-refractivity contribution in [1.29, 1.82) is 0 Å². The second-order valence-electron chi connectivity index (χ2n) is 16.4. The lowest BCUT2D eigenvalue weighted by Crippen LogP contribution is -2.42. The Balaban J connectivity index is 1.34. The molecule has 1 aliphatic heterocycles. The number of ether oxygens (including phenoxy) is 1. The molecule has 4 aromatic rings. The van der Waals surface area contributed by atoms with Crippen molar-refractivity contribution >= 4 is 58.0 Å². The number of carbonyl (C=O) groups excluding carboxylic acids is 2. The van der Waals surface area contributed by atoms with Gasteiger partial charge in [-0.1, -0.05) is 32.8 Å². The maximum atomic E-state index is 13.9. The van der Waals surface area contributed by atoms with E-state index >= 15 is 0 Å². The lowest BCUT2D eigenvalue weighted by atomic mass is 9.81. The number of benzene rings is 2. The van der Waals surface area contributed by atoms with E-state index in [2.05, 4.69) is 70.7 Å². The van der Waals surface area contributed by atoms with Crippen LogP contribution in [0.5, 0.6) is 0 Å². The Kier molecular flexibility index (Phi) is 11.0. The van der Waals surface area contributed by atoms with Crippen LogP contribution in [0, 0.1) is 11.8 Å². The number of amides is 2. The Labute approximate surface area is 315 Å². The molecule has 1 aliphatic rings. The molecule has 0 radical (unpaired) electrons. The summed E-state index contributed by atoms with van der Waals surface area (Å²) in [5, 5.41) is 7.74. The highest BCUT2D eigenvalue weighted by Crippen LogP contribution is 2.42. The van der Waals surface area contributed by atoms with E-state index in [1.54, 1.807) is 71.3 Å². The zero-order valence-electron chi connectivity index (χ0n) is 32.6. The maximum absolute atomic E-state index is 13.9. The predicted octanol–water partition coefficient (Wildman–Crippen LogP) is 9.57. The van der Waals surface area contributed by atoms with Gasteiger partial charge in [-0.3, -0.25) is 4.79 Å². The second-order valence-corrected chi connectivity index (χ2v) is 24.0. The van der Waals surface area contributed by atoms with E-state index < -0.39 is 40.4 Å². The third-order valence-corrected chi connectivity index (χ3v) is 17.1. The lowest BCUT2D eigenvalue weighted by Gasteiger charge is -2.37. The van der Waals surface area contributed by atoms with Crippen molar-refractivity contribution in [2.45, 2.75) is 108 Å². The smallest absolute Gasteiger partial charge is 0.442 e. The van der Waals surface area contributed by atoms with Crippen LogP contribution < -0.4 is 10.6 Å². The van der Waals surface area contributed by atoms with Gasteiger partial charge in [0.1, 0.15) is 17.1 Å². The summed E-state index contributed by atoms with van der Waals surface area (Å²) >= 11 is 0. The highest BCUT2D eigenvalue weighted by molar-refractivity contribution is 7.94. The molecule has 53 heavy (non-hydrogen) atoms. The number of anilines is 3. The van der Waals surface area contributed by atoms with Crippen LogP contribution in [0.4, 0.5) is 22.0 Å². The minimum absolute atomic E-state index is 0.0290. The number of hydrogen-bond donors (Lipinski definition) is 2. The van der Waals surface area contributed by atoms with Gasteiger partial charge >= 0.3 is 6.09 Å². The van der Waals surface area contributed by atoms with E-state index in [9.17, 15) is 13.8 Å². The summed E-state index contributed by atoms with van der Waals surface area (Å²) in [6.07, 6.45) is 3.20. The van der Waals surface area contributed by atoms with Gasteiger partial charge in [0.15, 0.2) is 8.32 Å². The first-order valence-electron chi connectivity index (χ1n) is 17.8. The Morgan fingerprint density at radius 2 is 1.72 bits per heavy atom. The topological polar surface area (TPSA) is 132 Å². The summed E-state index contributed by atoms with van der Waals surface area (Å²) in [6.45, 7) is 22.3. The molecule has 5 rings (SSSR count). The van der Waals surface area contributed by atoms with E-state index in [1.807, 2.05) is 37.3 Å². The normalized spacial score (nSPS) is 17.0. The van der Waals surface area contributed by atoms with Crippen molar-refractivity contribution in [3.8, 4) is 11.8 Å². The Morgan fingerprint density at radius 1 is 1.02 bits per heavy atom. The number of hydrogen-bond acceptors (Lipinski definition) is 8. The summed E-state index contributed by atoms with van der Waals surface area (Å²) in [7, 11) is -5.01. The average molecular weight is 754 g/mol. The van der Waals surface area contributed by atoms with Crippen molar-refractivity contribution in [3.63, 3.8) is 0 Å². The molecular formula is C41H51N5O5SSi. The summed E-state index contributed by atoms with van der Waals surface area (Å²) in [5.74, 6) is 7.00. The Morgan fingerprint density at radius 3 is 2.36 bits per heavy atom. The third-order valence-electron chi connectivity index (χ3n) is 9.91. The largest absolute Gasteiger partial charge is 0.442 e. The molecule has 2 unspecified atom stereocenters. The van der Waals surface area contributed by atoms with Crippen LogP contribution in [0.3, 0.4) is 0 Å². The number of nitrogens with one attached hydrogen (secondary N) is 2. The van der Waals surface area contributed by atoms with E-state index in [-0.39, 0.29) is 10.9 Å². The van der Waals surface area contributed by atoms with Gasteiger partial charge < -0.3 is 19.8 Å². The first-order chi connectivity index (χ1) is 24.6. The van der Waals surface area contributed by atoms with Crippen LogP contribution in [0.2, 0.25) is 18.1 Å². The van der Waals surface area contributed by atoms with Crippen molar-refractivity contribution < 1.29 is 23.0 Å². The first-order valence-corrected chi connectivity index (χ1v) is 22.3. The number of rotatable bonds is 8. The van der Waals surface area contributed by atoms with Gasteiger partial charge in [-0.25, -0.2) is 19.0 Å². The molecule has 2 amide bonds. The average Bonchev–Trinajstić information content (AvgIpc) is 3.30. The van der Waals surface area contributed by atoms with E-state index in [1.165, 1.54) is 0 Å². The molecule has 3 heterocycles. The van der Waals surface area contributed by atoms with Crippen LogP contribution in [-0.4, -0.2) is 52.0 Å². The molecule has 0 spiro atoms. The molecule has 0 saturated carbocycles. The monoisotopic (exact) mass is 753 g/mol. The molecule has 2 aromatic carbocycles. The molecule has 12 heteroatoms. The van der Waals surface area contributed by atoms with Crippen LogP contribution >= 0.6 is 0 Å². The summed E-state index contributed by atoms with van der Waals surface area (Å²) in [6, 6.07) is 16.6. The van der Waals surface area contributed by atoms with Crippen molar-refractivity contribution in [1.82, 2.24) is 9.97 Å². The fraction of sp³-hybridized carbons (Fsp3) is 0.415. The SMILES string of the molecule is CC(C)S(=O)(=NC(=O)OC(C)(C)C)c1ccc(Nc2cc3c(C#Cc4ccc5c(c4)NC(=O)C5(C)CCO[Si](C)(C)C(C)(C)C)nccc3cn2)cc1. The highest BCUT2D eigenvalue weighted by atomic mass is 32.2. The molecule has 2 aromatic heterocycles. The minimum atomic E-state index is -3.08. The van der Waals surface area contributed by atoms with Gasteiger partial charge in [0, 0.05) is 56.9 Å². The van der Waals surface area contributed by atoms with Crippen molar-refractivity contribution in [2.75, 3.05) is 17.2 Å².